The maximum atomic E-state index is 13.8. The van der Waals surface area contributed by atoms with Crippen LogP contribution >= 0.6 is 23.4 Å². The number of imidazole rings is 1. The van der Waals surface area contributed by atoms with Crippen LogP contribution in [-0.2, 0) is 12.4 Å². The van der Waals surface area contributed by atoms with Gasteiger partial charge in [-0.1, -0.05) is 0 Å². The number of ether oxygens (including phenoxy) is 1. The lowest BCUT2D eigenvalue weighted by molar-refractivity contribution is 0.386. The second-order valence-electron chi connectivity index (χ2n) is 5.30. The van der Waals surface area contributed by atoms with Crippen molar-refractivity contribution in [2.75, 3.05) is 18.6 Å². The number of methoxy groups -OCH3 is 1. The van der Waals surface area contributed by atoms with Crippen LogP contribution in [0.2, 0.25) is 0 Å². The molecule has 0 amide bonds. The molecule has 1 saturated heterocycles. The molecule has 0 aliphatic carbocycles. The first kappa shape index (κ1) is 15.0. The maximum Gasteiger partial charge on any atom is 0.167 e. The van der Waals surface area contributed by atoms with Crippen molar-refractivity contribution >= 4 is 34.4 Å². The van der Waals surface area contributed by atoms with Crippen LogP contribution < -0.4 is 4.74 Å². The molecule has 21 heavy (non-hydrogen) atoms. The Bertz CT molecular complexity index is 640. The van der Waals surface area contributed by atoms with E-state index in [0.29, 0.717) is 17.3 Å². The molecule has 1 aliphatic heterocycles. The molecule has 0 saturated carbocycles. The second-order valence-corrected chi connectivity index (χ2v) is 6.80. The summed E-state index contributed by atoms with van der Waals surface area (Å²) in [4.78, 5) is 4.46. The summed E-state index contributed by atoms with van der Waals surface area (Å²) in [6, 6.07) is 3.16. The molecule has 2 heterocycles. The van der Waals surface area contributed by atoms with E-state index in [1.54, 1.807) is 6.07 Å². The van der Waals surface area contributed by atoms with Crippen LogP contribution in [-0.4, -0.2) is 28.2 Å². The minimum atomic E-state index is -0.384. The molecule has 6 heteroatoms. The van der Waals surface area contributed by atoms with E-state index in [1.807, 2.05) is 11.8 Å². The number of rotatable bonds is 4. The Morgan fingerprint density at radius 1 is 1.43 bits per heavy atom. The van der Waals surface area contributed by atoms with Gasteiger partial charge in [-0.25, -0.2) is 9.37 Å². The van der Waals surface area contributed by atoms with Crippen LogP contribution in [0.4, 0.5) is 4.39 Å². The highest BCUT2D eigenvalue weighted by Gasteiger charge is 2.19. The highest BCUT2D eigenvalue weighted by atomic mass is 35.5. The predicted molar refractivity (Wildman–Crippen MR) is 85.8 cm³/mol. The smallest absolute Gasteiger partial charge is 0.167 e. The van der Waals surface area contributed by atoms with Crippen LogP contribution in [0, 0.1) is 11.7 Å². The molecule has 1 aromatic heterocycles. The Balaban J connectivity index is 2.01. The lowest BCUT2D eigenvalue weighted by atomic mass is 10.0. The summed E-state index contributed by atoms with van der Waals surface area (Å²) in [5.74, 6) is 4.07. The molecule has 1 aliphatic rings. The zero-order chi connectivity index (χ0) is 14.8. The third-order valence-corrected chi connectivity index (χ3v) is 5.29. The normalized spacial score (nSPS) is 16.5. The molecular formula is C15H18ClFN2OS. The number of halogens is 2. The van der Waals surface area contributed by atoms with Gasteiger partial charge in [-0.15, -0.1) is 11.6 Å². The summed E-state index contributed by atoms with van der Waals surface area (Å²) in [5, 5.41) is 0. The average molecular weight is 329 g/mol. The van der Waals surface area contributed by atoms with Crippen LogP contribution in [0.3, 0.4) is 0 Å². The molecule has 0 spiro atoms. The van der Waals surface area contributed by atoms with E-state index in [9.17, 15) is 4.39 Å². The average Bonchev–Trinajstić information content (AvgIpc) is 2.84. The number of nitrogens with zero attached hydrogens (tertiary/aromatic N) is 2. The van der Waals surface area contributed by atoms with E-state index in [2.05, 4.69) is 9.55 Å². The van der Waals surface area contributed by atoms with Crippen molar-refractivity contribution in [2.45, 2.75) is 25.3 Å². The first-order chi connectivity index (χ1) is 10.2. The lowest BCUT2D eigenvalue weighted by Crippen LogP contribution is -2.17. The Morgan fingerprint density at radius 3 is 2.86 bits per heavy atom. The summed E-state index contributed by atoms with van der Waals surface area (Å²) in [6.45, 7) is 0.897. The topological polar surface area (TPSA) is 27.1 Å². The lowest BCUT2D eigenvalue weighted by Gasteiger charge is -2.22. The number of hydrogen-bond donors (Lipinski definition) is 0. The highest BCUT2D eigenvalue weighted by molar-refractivity contribution is 7.99. The molecule has 1 aromatic carbocycles. The van der Waals surface area contributed by atoms with Gasteiger partial charge in [-0.2, -0.15) is 11.8 Å². The standard InChI is InChI=1S/C15H18ClFN2OS/c1-20-14-7-13-12(6-11(14)17)18-15(8-16)19(13)9-10-2-4-21-5-3-10/h6-7,10H,2-5,8-9H2,1H3. The first-order valence-electron chi connectivity index (χ1n) is 7.09. The van der Waals surface area contributed by atoms with Gasteiger partial charge in [0, 0.05) is 18.7 Å². The summed E-state index contributed by atoms with van der Waals surface area (Å²) < 4.78 is 21.0. The fraction of sp³-hybridized carbons (Fsp3) is 0.533. The summed E-state index contributed by atoms with van der Waals surface area (Å²) in [5.41, 5.74) is 1.55. The molecule has 0 N–H and O–H groups in total. The molecule has 0 bridgehead atoms. The number of thioether (sulfide) groups is 1. The quantitative estimate of drug-likeness (QED) is 0.792. The molecular weight excluding hydrogens is 311 g/mol. The van der Waals surface area contributed by atoms with E-state index in [4.69, 9.17) is 16.3 Å². The van der Waals surface area contributed by atoms with Crippen molar-refractivity contribution in [3.05, 3.63) is 23.8 Å². The first-order valence-corrected chi connectivity index (χ1v) is 8.78. The van der Waals surface area contributed by atoms with Crippen molar-refractivity contribution in [3.8, 4) is 5.75 Å². The number of aromatic nitrogens is 2. The van der Waals surface area contributed by atoms with Gasteiger partial charge in [-0.05, 0) is 30.3 Å². The van der Waals surface area contributed by atoms with E-state index >= 15 is 0 Å². The summed E-state index contributed by atoms with van der Waals surface area (Å²) >= 11 is 8.03. The zero-order valence-electron chi connectivity index (χ0n) is 11.9. The second kappa shape index (κ2) is 6.44. The molecule has 114 valence electrons. The van der Waals surface area contributed by atoms with Gasteiger partial charge in [0.05, 0.1) is 24.0 Å². The van der Waals surface area contributed by atoms with Crippen LogP contribution in [0.5, 0.6) is 5.75 Å². The van der Waals surface area contributed by atoms with Gasteiger partial charge >= 0.3 is 0 Å². The number of fused-ring (bicyclic) bond motifs is 1. The van der Waals surface area contributed by atoms with Gasteiger partial charge < -0.3 is 9.30 Å². The monoisotopic (exact) mass is 328 g/mol. The molecule has 3 nitrogen and oxygen atoms in total. The molecule has 0 atom stereocenters. The van der Waals surface area contributed by atoms with Crippen LogP contribution in [0.1, 0.15) is 18.7 Å². The number of benzene rings is 1. The zero-order valence-corrected chi connectivity index (χ0v) is 13.5. The fourth-order valence-corrected chi connectivity index (χ4v) is 4.23. The van der Waals surface area contributed by atoms with Crippen LogP contribution in [0.25, 0.3) is 11.0 Å². The van der Waals surface area contributed by atoms with Gasteiger partial charge in [-0.3, -0.25) is 0 Å². The Labute approximate surface area is 132 Å². The van der Waals surface area contributed by atoms with Crippen molar-refractivity contribution in [1.29, 1.82) is 0 Å². The third-order valence-electron chi connectivity index (χ3n) is 4.00. The van der Waals surface area contributed by atoms with E-state index in [1.165, 1.54) is 37.5 Å². The number of hydrogen-bond acceptors (Lipinski definition) is 3. The molecule has 0 unspecified atom stereocenters. The SMILES string of the molecule is COc1cc2c(cc1F)nc(CCl)n2CC1CCSCC1. The fourth-order valence-electron chi connectivity index (χ4n) is 2.83. The number of alkyl halides is 1. The maximum absolute atomic E-state index is 13.8. The Kier molecular flexibility index (Phi) is 4.60. The molecule has 3 rings (SSSR count). The molecule has 1 fully saturated rings. The van der Waals surface area contributed by atoms with E-state index < -0.39 is 0 Å². The van der Waals surface area contributed by atoms with Crippen LogP contribution in [0.15, 0.2) is 12.1 Å². The largest absolute Gasteiger partial charge is 0.494 e. The van der Waals surface area contributed by atoms with Crippen molar-refractivity contribution in [3.63, 3.8) is 0 Å². The van der Waals surface area contributed by atoms with Crippen molar-refractivity contribution < 1.29 is 9.13 Å². The van der Waals surface area contributed by atoms with Gasteiger partial charge in [0.15, 0.2) is 11.6 Å². The highest BCUT2D eigenvalue weighted by Crippen LogP contribution is 2.29. The van der Waals surface area contributed by atoms with E-state index in [-0.39, 0.29) is 11.6 Å². The van der Waals surface area contributed by atoms with E-state index in [0.717, 1.165) is 17.9 Å². The van der Waals surface area contributed by atoms with Gasteiger partial charge in [0.1, 0.15) is 5.82 Å². The minimum absolute atomic E-state index is 0.254. The van der Waals surface area contributed by atoms with Crippen molar-refractivity contribution in [2.24, 2.45) is 5.92 Å². The summed E-state index contributed by atoms with van der Waals surface area (Å²) in [7, 11) is 1.48. The Morgan fingerprint density at radius 2 is 2.19 bits per heavy atom. The van der Waals surface area contributed by atoms with Gasteiger partial charge in [0.2, 0.25) is 0 Å². The molecule has 0 radical (unpaired) electrons. The molecule has 2 aromatic rings. The predicted octanol–water partition coefficient (Wildman–Crippen LogP) is 4.07. The van der Waals surface area contributed by atoms with Crippen molar-refractivity contribution in [1.82, 2.24) is 9.55 Å². The third kappa shape index (κ3) is 2.99. The Hall–Kier alpha value is -0.940. The van der Waals surface area contributed by atoms with Gasteiger partial charge in [0.25, 0.3) is 0 Å². The summed E-state index contributed by atoms with van der Waals surface area (Å²) in [6.07, 6.45) is 2.43. The minimum Gasteiger partial charge on any atom is -0.494 e.